The smallest absolute Gasteiger partial charge is 0.411 e. The second-order valence-electron chi connectivity index (χ2n) is 8.33. The summed E-state index contributed by atoms with van der Waals surface area (Å²) < 4.78 is 10.6. The topological polar surface area (TPSA) is 91.3 Å². The van der Waals surface area contributed by atoms with Crippen molar-refractivity contribution < 1.29 is 24.2 Å². The number of hydrogen-bond acceptors (Lipinski definition) is 6. The number of anilines is 1. The van der Waals surface area contributed by atoms with Crippen LogP contribution < -0.4 is 10.1 Å². The third-order valence-corrected chi connectivity index (χ3v) is 6.12. The number of aliphatic hydroxyl groups is 1. The Morgan fingerprint density at radius 1 is 1.28 bits per heavy atom. The van der Waals surface area contributed by atoms with Crippen LogP contribution in [0.5, 0.6) is 5.75 Å². The van der Waals surface area contributed by atoms with Crippen molar-refractivity contribution in [1.82, 2.24) is 9.80 Å². The molecule has 32 heavy (non-hydrogen) atoms. The van der Waals surface area contributed by atoms with Crippen molar-refractivity contribution in [1.29, 1.82) is 0 Å². The van der Waals surface area contributed by atoms with Gasteiger partial charge in [-0.3, -0.25) is 15.0 Å². The molecule has 0 bridgehead atoms. The maximum Gasteiger partial charge on any atom is 0.411 e. The Morgan fingerprint density at radius 2 is 2.06 bits per heavy atom. The number of methoxy groups -OCH3 is 1. The minimum Gasteiger partial charge on any atom is -0.480 e. The third-order valence-electron chi connectivity index (χ3n) is 6.12. The summed E-state index contributed by atoms with van der Waals surface area (Å²) in [6.07, 6.45) is -0.304. The lowest BCUT2D eigenvalue weighted by Crippen LogP contribution is -2.44. The molecular weight excluding hydrogens is 410 g/mol. The lowest BCUT2D eigenvalue weighted by atomic mass is 10.0. The molecule has 3 atom stereocenters. The molecule has 0 saturated carbocycles. The van der Waals surface area contributed by atoms with Crippen LogP contribution in [0, 0.1) is 0 Å². The van der Waals surface area contributed by atoms with E-state index in [1.54, 1.807) is 23.1 Å². The second kappa shape index (κ2) is 9.58. The number of likely N-dealkylation sites (tertiary alicyclic amines) is 1. The first kappa shape index (κ1) is 22.1. The molecule has 0 radical (unpaired) electrons. The van der Waals surface area contributed by atoms with E-state index in [4.69, 9.17) is 4.74 Å². The molecular formula is C24H29N3O5. The Morgan fingerprint density at radius 3 is 2.75 bits per heavy atom. The van der Waals surface area contributed by atoms with Gasteiger partial charge >= 0.3 is 6.09 Å². The highest BCUT2D eigenvalue weighted by Gasteiger charge is 2.35. The van der Waals surface area contributed by atoms with E-state index in [0.717, 1.165) is 24.1 Å². The van der Waals surface area contributed by atoms with E-state index in [-0.39, 0.29) is 18.1 Å². The van der Waals surface area contributed by atoms with Crippen molar-refractivity contribution in [3.8, 4) is 5.75 Å². The van der Waals surface area contributed by atoms with Gasteiger partial charge in [-0.05, 0) is 30.2 Å². The second-order valence-corrected chi connectivity index (χ2v) is 8.33. The van der Waals surface area contributed by atoms with Gasteiger partial charge in [0.25, 0.3) is 5.91 Å². The maximum atomic E-state index is 13.4. The standard InChI is InChI=1S/C24H29N3O5/c1-26(20(16-6-4-3-5-7-16)15-27-11-10-19(28)14-27)23(29)22-13-17-12-18(25-24(30)31-2)8-9-21(17)32-22/h3-9,12,19-20,22,28H,10-11,13-15H2,1-2H3,(H,25,30)/t19-,20+,22-/m0/s1. The normalized spacial score (nSPS) is 20.8. The van der Waals surface area contributed by atoms with Crippen molar-refractivity contribution in [2.24, 2.45) is 0 Å². The zero-order valence-electron chi connectivity index (χ0n) is 18.4. The molecule has 2 N–H and O–H groups in total. The van der Waals surface area contributed by atoms with Gasteiger partial charge in [0.15, 0.2) is 6.10 Å². The van der Waals surface area contributed by atoms with Crippen molar-refractivity contribution in [3.63, 3.8) is 0 Å². The molecule has 8 nitrogen and oxygen atoms in total. The molecule has 2 aromatic carbocycles. The quantitative estimate of drug-likeness (QED) is 0.719. The van der Waals surface area contributed by atoms with Crippen LogP contribution in [0.3, 0.4) is 0 Å². The number of benzene rings is 2. The number of β-amino-alcohol motifs (C(OH)–C–C–N with tert-alkyl or cyclic N) is 1. The molecule has 2 aliphatic rings. The van der Waals surface area contributed by atoms with E-state index in [1.165, 1.54) is 7.11 Å². The molecule has 1 saturated heterocycles. The Bertz CT molecular complexity index is 967. The molecule has 2 amide bonds. The molecule has 2 aliphatic heterocycles. The number of carbonyl (C=O) groups excluding carboxylic acids is 2. The van der Waals surface area contributed by atoms with E-state index in [2.05, 4.69) is 15.0 Å². The number of rotatable bonds is 6. The number of nitrogens with one attached hydrogen (secondary N) is 1. The predicted octanol–water partition coefficient (Wildman–Crippen LogP) is 2.43. The molecule has 0 unspecified atom stereocenters. The highest BCUT2D eigenvalue weighted by atomic mass is 16.5. The van der Waals surface area contributed by atoms with E-state index in [1.807, 2.05) is 37.4 Å². The van der Waals surface area contributed by atoms with Crippen molar-refractivity contribution in [2.45, 2.75) is 31.1 Å². The van der Waals surface area contributed by atoms with Crippen LogP contribution in [0.1, 0.15) is 23.6 Å². The van der Waals surface area contributed by atoms with E-state index >= 15 is 0 Å². The number of carbonyl (C=O) groups is 2. The zero-order valence-corrected chi connectivity index (χ0v) is 18.4. The zero-order chi connectivity index (χ0) is 22.7. The summed E-state index contributed by atoms with van der Waals surface area (Å²) >= 11 is 0. The summed E-state index contributed by atoms with van der Waals surface area (Å²) in [4.78, 5) is 28.8. The molecule has 4 rings (SSSR count). The number of amides is 2. The Balaban J connectivity index is 1.48. The van der Waals surface area contributed by atoms with Crippen LogP contribution in [-0.2, 0) is 16.0 Å². The van der Waals surface area contributed by atoms with Crippen LogP contribution in [0.25, 0.3) is 0 Å². The lowest BCUT2D eigenvalue weighted by Gasteiger charge is -2.33. The Kier molecular flexibility index (Phi) is 6.62. The van der Waals surface area contributed by atoms with Crippen molar-refractivity contribution >= 4 is 17.7 Å². The number of aliphatic hydroxyl groups excluding tert-OH is 1. The number of nitrogens with zero attached hydrogens (tertiary/aromatic N) is 2. The number of hydrogen-bond donors (Lipinski definition) is 2. The Labute approximate surface area is 187 Å². The number of ether oxygens (including phenoxy) is 2. The van der Waals surface area contributed by atoms with Gasteiger partial charge in [0, 0.05) is 44.4 Å². The summed E-state index contributed by atoms with van der Waals surface area (Å²) in [6, 6.07) is 15.1. The van der Waals surface area contributed by atoms with Crippen LogP contribution in [0.2, 0.25) is 0 Å². The first-order valence-corrected chi connectivity index (χ1v) is 10.8. The highest BCUT2D eigenvalue weighted by Crippen LogP contribution is 2.33. The molecule has 2 aromatic rings. The summed E-state index contributed by atoms with van der Waals surface area (Å²) in [5.41, 5.74) is 2.50. The van der Waals surface area contributed by atoms with Crippen LogP contribution in [0.4, 0.5) is 10.5 Å². The fourth-order valence-corrected chi connectivity index (χ4v) is 4.36. The van der Waals surface area contributed by atoms with Gasteiger partial charge in [0.05, 0.1) is 19.3 Å². The van der Waals surface area contributed by atoms with E-state index in [9.17, 15) is 14.7 Å². The summed E-state index contributed by atoms with van der Waals surface area (Å²) in [5, 5.41) is 12.6. The van der Waals surface area contributed by atoms with E-state index in [0.29, 0.717) is 30.9 Å². The largest absolute Gasteiger partial charge is 0.480 e. The average molecular weight is 440 g/mol. The highest BCUT2D eigenvalue weighted by molar-refractivity contribution is 5.86. The molecule has 1 fully saturated rings. The van der Waals surface area contributed by atoms with Gasteiger partial charge in [-0.1, -0.05) is 30.3 Å². The van der Waals surface area contributed by atoms with Crippen LogP contribution in [-0.4, -0.2) is 72.9 Å². The molecule has 0 spiro atoms. The maximum absolute atomic E-state index is 13.4. The number of likely N-dealkylation sites (N-methyl/N-ethyl adjacent to an activating group) is 1. The van der Waals surface area contributed by atoms with Gasteiger partial charge in [-0.15, -0.1) is 0 Å². The monoisotopic (exact) mass is 439 g/mol. The van der Waals surface area contributed by atoms with Gasteiger partial charge in [-0.25, -0.2) is 4.79 Å². The van der Waals surface area contributed by atoms with Gasteiger partial charge in [0.1, 0.15) is 5.75 Å². The summed E-state index contributed by atoms with van der Waals surface area (Å²) in [5.74, 6) is 0.545. The SMILES string of the molecule is COC(=O)Nc1ccc2c(c1)C[C@@H](C(=O)N(C)[C@H](CN1CC[C@H](O)C1)c1ccccc1)O2. The van der Waals surface area contributed by atoms with Crippen LogP contribution in [0.15, 0.2) is 48.5 Å². The van der Waals surface area contributed by atoms with Gasteiger partial charge in [0.2, 0.25) is 0 Å². The van der Waals surface area contributed by atoms with Crippen LogP contribution >= 0.6 is 0 Å². The minimum atomic E-state index is -0.626. The third kappa shape index (κ3) is 4.87. The first-order chi connectivity index (χ1) is 15.4. The summed E-state index contributed by atoms with van der Waals surface area (Å²) in [7, 11) is 3.12. The fraction of sp³-hybridized carbons (Fsp3) is 0.417. The van der Waals surface area contributed by atoms with Crippen molar-refractivity contribution in [2.75, 3.05) is 39.1 Å². The lowest BCUT2D eigenvalue weighted by molar-refractivity contribution is -0.139. The average Bonchev–Trinajstić information content (AvgIpc) is 3.42. The van der Waals surface area contributed by atoms with Crippen molar-refractivity contribution in [3.05, 3.63) is 59.7 Å². The summed E-state index contributed by atoms with van der Waals surface area (Å²) in [6.45, 7) is 2.08. The first-order valence-electron chi connectivity index (χ1n) is 10.8. The fourth-order valence-electron chi connectivity index (χ4n) is 4.36. The predicted molar refractivity (Wildman–Crippen MR) is 120 cm³/mol. The molecule has 0 aliphatic carbocycles. The molecule has 170 valence electrons. The van der Waals surface area contributed by atoms with Gasteiger partial charge < -0.3 is 19.5 Å². The molecule has 8 heteroatoms. The molecule has 0 aromatic heterocycles. The number of fused-ring (bicyclic) bond motifs is 1. The van der Waals surface area contributed by atoms with Gasteiger partial charge in [-0.2, -0.15) is 0 Å². The Hall–Kier alpha value is -3.10. The minimum absolute atomic E-state index is 0.0997. The molecule has 2 heterocycles. The van der Waals surface area contributed by atoms with E-state index < -0.39 is 12.2 Å².